The Morgan fingerprint density at radius 1 is 1.09 bits per heavy atom. The largest absolute Gasteiger partial charge is 0.433 e. The number of carbonyl (C=O) groups is 1. The molecule has 0 atom stereocenters. The number of nitrogens with one attached hydrogen (secondary N) is 1. The van der Waals surface area contributed by atoms with E-state index in [1.807, 2.05) is 0 Å². The standard InChI is InChI=1S/C13H16F3N5O/c14-13(15,16)9-7-10(21-6-3-17-11(22)8-21)19-12(18-9)20-4-1-2-5-20/h7H,1-6,8H2,(H,17,22). The Balaban J connectivity index is 1.97. The predicted octanol–water partition coefficient (Wildman–Crippen LogP) is 1.03. The molecule has 0 aromatic carbocycles. The molecule has 0 spiro atoms. The van der Waals surface area contributed by atoms with Gasteiger partial charge in [0.2, 0.25) is 11.9 Å². The van der Waals surface area contributed by atoms with Crippen molar-refractivity contribution >= 4 is 17.7 Å². The molecule has 2 aliphatic rings. The van der Waals surface area contributed by atoms with E-state index in [1.165, 1.54) is 0 Å². The lowest BCUT2D eigenvalue weighted by molar-refractivity contribution is -0.141. The molecule has 0 saturated carbocycles. The minimum absolute atomic E-state index is 0.00769. The Kier molecular flexibility index (Phi) is 3.79. The van der Waals surface area contributed by atoms with Crippen LogP contribution in [0.3, 0.4) is 0 Å². The highest BCUT2D eigenvalue weighted by atomic mass is 19.4. The fourth-order valence-electron chi connectivity index (χ4n) is 2.62. The summed E-state index contributed by atoms with van der Waals surface area (Å²) in [5.74, 6) is 0.0218. The molecule has 3 rings (SSSR count). The third-order valence-electron chi connectivity index (χ3n) is 3.74. The van der Waals surface area contributed by atoms with Crippen molar-refractivity contribution < 1.29 is 18.0 Å². The third-order valence-corrected chi connectivity index (χ3v) is 3.74. The first-order chi connectivity index (χ1) is 10.4. The number of rotatable bonds is 2. The molecule has 6 nitrogen and oxygen atoms in total. The van der Waals surface area contributed by atoms with Gasteiger partial charge in [0.05, 0.1) is 6.54 Å². The third kappa shape index (κ3) is 3.07. The summed E-state index contributed by atoms with van der Waals surface area (Å²) in [6.07, 6.45) is -2.70. The Morgan fingerprint density at radius 3 is 2.45 bits per heavy atom. The minimum atomic E-state index is -4.54. The molecule has 2 saturated heterocycles. The van der Waals surface area contributed by atoms with Crippen LogP contribution in [0.25, 0.3) is 0 Å². The number of alkyl halides is 3. The van der Waals surface area contributed by atoms with Crippen LogP contribution in [0.15, 0.2) is 6.07 Å². The number of halogens is 3. The number of anilines is 2. The second-order valence-electron chi connectivity index (χ2n) is 5.37. The van der Waals surface area contributed by atoms with Gasteiger partial charge in [0.15, 0.2) is 5.69 Å². The quantitative estimate of drug-likeness (QED) is 0.883. The molecule has 9 heteroatoms. The molecule has 1 aromatic heterocycles. The number of amides is 1. The van der Waals surface area contributed by atoms with Crippen molar-refractivity contribution in [1.29, 1.82) is 0 Å². The molecule has 22 heavy (non-hydrogen) atoms. The van der Waals surface area contributed by atoms with E-state index in [9.17, 15) is 18.0 Å². The summed E-state index contributed by atoms with van der Waals surface area (Å²) in [5, 5.41) is 2.64. The molecule has 0 radical (unpaired) electrons. The van der Waals surface area contributed by atoms with Crippen LogP contribution in [-0.4, -0.2) is 48.6 Å². The van der Waals surface area contributed by atoms with Crippen LogP contribution in [0.5, 0.6) is 0 Å². The van der Waals surface area contributed by atoms with Crippen LogP contribution in [0.4, 0.5) is 24.9 Å². The second kappa shape index (κ2) is 5.62. The van der Waals surface area contributed by atoms with Crippen LogP contribution >= 0.6 is 0 Å². The van der Waals surface area contributed by atoms with Gasteiger partial charge in [-0.05, 0) is 12.8 Å². The van der Waals surface area contributed by atoms with Crippen molar-refractivity contribution in [2.45, 2.75) is 19.0 Å². The van der Waals surface area contributed by atoms with Gasteiger partial charge in [-0.2, -0.15) is 18.2 Å². The Hall–Kier alpha value is -2.06. The maximum atomic E-state index is 13.1. The minimum Gasteiger partial charge on any atom is -0.353 e. The van der Waals surface area contributed by atoms with E-state index < -0.39 is 11.9 Å². The number of nitrogens with zero attached hydrogens (tertiary/aromatic N) is 4. The molecule has 0 aliphatic carbocycles. The highest BCUT2D eigenvalue weighted by Crippen LogP contribution is 2.32. The summed E-state index contributed by atoms with van der Waals surface area (Å²) in [6.45, 7) is 2.14. The fraction of sp³-hybridized carbons (Fsp3) is 0.615. The maximum Gasteiger partial charge on any atom is 0.433 e. The number of hydrogen-bond donors (Lipinski definition) is 1. The fourth-order valence-corrected chi connectivity index (χ4v) is 2.62. The van der Waals surface area contributed by atoms with E-state index >= 15 is 0 Å². The summed E-state index contributed by atoms with van der Waals surface area (Å²) in [4.78, 5) is 22.7. The van der Waals surface area contributed by atoms with E-state index in [2.05, 4.69) is 15.3 Å². The van der Waals surface area contributed by atoms with Crippen molar-refractivity contribution in [3.05, 3.63) is 11.8 Å². The lowest BCUT2D eigenvalue weighted by Gasteiger charge is -2.29. The topological polar surface area (TPSA) is 61.4 Å². The van der Waals surface area contributed by atoms with E-state index in [4.69, 9.17) is 0 Å². The summed E-state index contributed by atoms with van der Waals surface area (Å²) >= 11 is 0. The van der Waals surface area contributed by atoms with Crippen molar-refractivity contribution in [2.24, 2.45) is 0 Å². The maximum absolute atomic E-state index is 13.1. The number of aromatic nitrogens is 2. The van der Waals surface area contributed by atoms with E-state index in [0.717, 1.165) is 18.9 Å². The average molecular weight is 315 g/mol. The highest BCUT2D eigenvalue weighted by Gasteiger charge is 2.35. The van der Waals surface area contributed by atoms with E-state index in [0.29, 0.717) is 26.2 Å². The lowest BCUT2D eigenvalue weighted by atomic mass is 10.3. The summed E-state index contributed by atoms with van der Waals surface area (Å²) in [7, 11) is 0. The van der Waals surface area contributed by atoms with Crippen LogP contribution in [0, 0.1) is 0 Å². The molecule has 3 heterocycles. The van der Waals surface area contributed by atoms with Crippen molar-refractivity contribution in [2.75, 3.05) is 42.5 Å². The molecule has 120 valence electrons. The van der Waals surface area contributed by atoms with E-state index in [1.54, 1.807) is 9.80 Å². The first-order valence-electron chi connectivity index (χ1n) is 7.16. The van der Waals surface area contributed by atoms with Gasteiger partial charge in [-0.15, -0.1) is 0 Å². The smallest absolute Gasteiger partial charge is 0.353 e. The highest BCUT2D eigenvalue weighted by molar-refractivity contribution is 5.82. The zero-order valence-electron chi connectivity index (χ0n) is 11.9. The van der Waals surface area contributed by atoms with E-state index in [-0.39, 0.29) is 24.2 Å². The van der Waals surface area contributed by atoms with Crippen LogP contribution in [0.2, 0.25) is 0 Å². The Morgan fingerprint density at radius 2 is 1.82 bits per heavy atom. The van der Waals surface area contributed by atoms with Crippen molar-refractivity contribution in [3.8, 4) is 0 Å². The van der Waals surface area contributed by atoms with Crippen LogP contribution in [-0.2, 0) is 11.0 Å². The SMILES string of the molecule is O=C1CN(c2cc(C(F)(F)F)nc(N3CCCC3)n2)CCN1. The normalized spacial score (nSPS) is 19.5. The predicted molar refractivity (Wildman–Crippen MR) is 73.7 cm³/mol. The van der Waals surface area contributed by atoms with Crippen LogP contribution in [0.1, 0.15) is 18.5 Å². The summed E-state index contributed by atoms with van der Waals surface area (Å²) in [6, 6.07) is 0.915. The van der Waals surface area contributed by atoms with Crippen molar-refractivity contribution in [1.82, 2.24) is 15.3 Å². The van der Waals surface area contributed by atoms with Crippen molar-refractivity contribution in [3.63, 3.8) is 0 Å². The molecule has 2 fully saturated rings. The number of carbonyl (C=O) groups excluding carboxylic acids is 1. The van der Waals surface area contributed by atoms with Gasteiger partial charge >= 0.3 is 6.18 Å². The van der Waals surface area contributed by atoms with Gasteiger partial charge in [-0.3, -0.25) is 4.79 Å². The second-order valence-corrected chi connectivity index (χ2v) is 5.37. The van der Waals surface area contributed by atoms with Gasteiger partial charge in [0.25, 0.3) is 0 Å². The zero-order valence-corrected chi connectivity index (χ0v) is 11.9. The number of piperazine rings is 1. The molecule has 1 N–H and O–H groups in total. The molecule has 0 unspecified atom stereocenters. The molecular weight excluding hydrogens is 299 g/mol. The lowest BCUT2D eigenvalue weighted by Crippen LogP contribution is -2.48. The van der Waals surface area contributed by atoms with Gasteiger partial charge in [-0.1, -0.05) is 0 Å². The number of hydrogen-bond acceptors (Lipinski definition) is 5. The monoisotopic (exact) mass is 315 g/mol. The Labute approximate surface area is 125 Å². The zero-order chi connectivity index (χ0) is 15.7. The van der Waals surface area contributed by atoms with Gasteiger partial charge in [-0.25, -0.2) is 4.98 Å². The first-order valence-corrected chi connectivity index (χ1v) is 7.16. The summed E-state index contributed by atoms with van der Waals surface area (Å²) < 4.78 is 39.2. The molecule has 1 aromatic rings. The molecule has 2 aliphatic heterocycles. The molecular formula is C13H16F3N5O. The van der Waals surface area contributed by atoms with Gasteiger partial charge < -0.3 is 15.1 Å². The van der Waals surface area contributed by atoms with Gasteiger partial charge in [0, 0.05) is 32.2 Å². The Bertz CT molecular complexity index is 571. The molecule has 0 bridgehead atoms. The summed E-state index contributed by atoms with van der Waals surface area (Å²) in [5.41, 5.74) is -0.967. The molecule has 1 amide bonds. The average Bonchev–Trinajstić information content (AvgIpc) is 3.00. The first kappa shape index (κ1) is 14.9. The van der Waals surface area contributed by atoms with Gasteiger partial charge in [0.1, 0.15) is 5.82 Å². The van der Waals surface area contributed by atoms with Crippen LogP contribution < -0.4 is 15.1 Å².